The number of carbonyl (C=O) groups is 2. The molecule has 3 rings (SSSR count). The van der Waals surface area contributed by atoms with Crippen molar-refractivity contribution >= 4 is 28.5 Å². The molecule has 8 heteroatoms. The van der Waals surface area contributed by atoms with Crippen molar-refractivity contribution in [3.63, 3.8) is 0 Å². The van der Waals surface area contributed by atoms with Crippen molar-refractivity contribution in [2.24, 2.45) is 0 Å². The molecule has 1 aromatic heterocycles. The highest BCUT2D eigenvalue weighted by molar-refractivity contribution is 5.94. The van der Waals surface area contributed by atoms with E-state index in [0.717, 1.165) is 6.20 Å². The second-order valence-electron chi connectivity index (χ2n) is 5.98. The van der Waals surface area contributed by atoms with Crippen molar-refractivity contribution in [1.82, 2.24) is 14.5 Å². The van der Waals surface area contributed by atoms with Gasteiger partial charge in [0.05, 0.1) is 23.8 Å². The van der Waals surface area contributed by atoms with E-state index in [-0.39, 0.29) is 13.1 Å². The van der Waals surface area contributed by atoms with Crippen molar-refractivity contribution in [2.75, 3.05) is 18.9 Å². The topological polar surface area (TPSA) is 84.3 Å². The molecule has 0 saturated heterocycles. The summed E-state index contributed by atoms with van der Waals surface area (Å²) in [4.78, 5) is 41.9. The van der Waals surface area contributed by atoms with Crippen LogP contribution in [-0.4, -0.2) is 39.9 Å². The quantitative estimate of drug-likeness (QED) is 0.742. The number of likely N-dealkylation sites (N-methyl/N-ethyl adjacent to an activating group) is 1. The maximum absolute atomic E-state index is 13.2. The van der Waals surface area contributed by atoms with Crippen LogP contribution in [0.2, 0.25) is 0 Å². The molecule has 0 unspecified atom stereocenters. The molecule has 0 fully saturated rings. The average molecular weight is 368 g/mol. The highest BCUT2D eigenvalue weighted by Crippen LogP contribution is 2.10. The number of carbonyl (C=O) groups excluding carboxylic acids is 2. The normalized spacial score (nSPS) is 10.6. The highest BCUT2D eigenvalue weighted by atomic mass is 19.1. The molecule has 138 valence electrons. The monoisotopic (exact) mass is 368 g/mol. The number of rotatable bonds is 5. The fourth-order valence-electron chi connectivity index (χ4n) is 2.60. The van der Waals surface area contributed by atoms with Crippen LogP contribution in [0.1, 0.15) is 0 Å². The molecule has 0 atom stereocenters. The molecule has 1 heterocycles. The lowest BCUT2D eigenvalue weighted by atomic mass is 10.3. The fraction of sp³-hybridized carbons (Fsp3) is 0.158. The molecule has 7 nitrogen and oxygen atoms in total. The second-order valence-corrected chi connectivity index (χ2v) is 5.98. The van der Waals surface area contributed by atoms with Gasteiger partial charge in [-0.15, -0.1) is 0 Å². The third-order valence-electron chi connectivity index (χ3n) is 3.96. The van der Waals surface area contributed by atoms with Crippen molar-refractivity contribution < 1.29 is 14.0 Å². The van der Waals surface area contributed by atoms with Gasteiger partial charge in [0.25, 0.3) is 5.56 Å². The number of hydrogen-bond acceptors (Lipinski definition) is 4. The van der Waals surface area contributed by atoms with E-state index >= 15 is 0 Å². The lowest BCUT2D eigenvalue weighted by Crippen LogP contribution is -2.38. The third-order valence-corrected chi connectivity index (χ3v) is 3.96. The van der Waals surface area contributed by atoms with Crippen LogP contribution in [0.25, 0.3) is 11.0 Å². The zero-order valence-electron chi connectivity index (χ0n) is 14.6. The largest absolute Gasteiger partial charge is 0.335 e. The van der Waals surface area contributed by atoms with Crippen LogP contribution in [-0.2, 0) is 16.1 Å². The summed E-state index contributed by atoms with van der Waals surface area (Å²) in [6.45, 7) is -0.446. The zero-order chi connectivity index (χ0) is 19.4. The first-order valence-corrected chi connectivity index (χ1v) is 8.18. The summed E-state index contributed by atoms with van der Waals surface area (Å²) in [7, 11) is 1.46. The SMILES string of the molecule is CN(CC(=O)Nc1cccc(F)c1)C(=O)Cn1c(=O)cnc2ccccc21. The minimum Gasteiger partial charge on any atom is -0.335 e. The molecule has 0 spiro atoms. The van der Waals surface area contributed by atoms with E-state index < -0.39 is 23.2 Å². The van der Waals surface area contributed by atoms with E-state index in [0.29, 0.717) is 16.7 Å². The Labute approximate surface area is 154 Å². The Bertz CT molecular complexity index is 1060. The first-order chi connectivity index (χ1) is 12.9. The molecule has 0 aliphatic rings. The molecule has 0 bridgehead atoms. The summed E-state index contributed by atoms with van der Waals surface area (Å²) in [6, 6.07) is 12.5. The summed E-state index contributed by atoms with van der Waals surface area (Å²) in [5, 5.41) is 2.52. The Kier molecular flexibility index (Phi) is 5.25. The third kappa shape index (κ3) is 4.35. The number of benzene rings is 2. The predicted octanol–water partition coefficient (Wildman–Crippen LogP) is 1.63. The predicted molar refractivity (Wildman–Crippen MR) is 98.7 cm³/mol. The lowest BCUT2D eigenvalue weighted by molar-refractivity contribution is -0.133. The fourth-order valence-corrected chi connectivity index (χ4v) is 2.60. The molecular weight excluding hydrogens is 351 g/mol. The molecule has 1 N–H and O–H groups in total. The van der Waals surface area contributed by atoms with Gasteiger partial charge in [0.15, 0.2) is 0 Å². The van der Waals surface area contributed by atoms with Gasteiger partial charge in [-0.3, -0.25) is 19.0 Å². The first kappa shape index (κ1) is 18.2. The Hall–Kier alpha value is -3.55. The van der Waals surface area contributed by atoms with Gasteiger partial charge in [-0.2, -0.15) is 0 Å². The van der Waals surface area contributed by atoms with E-state index in [1.54, 1.807) is 30.3 Å². The van der Waals surface area contributed by atoms with Crippen LogP contribution in [0, 0.1) is 5.82 Å². The molecule has 0 radical (unpaired) electrons. The Morgan fingerprint density at radius 2 is 1.96 bits per heavy atom. The molecule has 0 aliphatic carbocycles. The molecule has 27 heavy (non-hydrogen) atoms. The van der Waals surface area contributed by atoms with Gasteiger partial charge in [0.1, 0.15) is 12.4 Å². The van der Waals surface area contributed by atoms with Crippen molar-refractivity contribution in [1.29, 1.82) is 0 Å². The summed E-state index contributed by atoms with van der Waals surface area (Å²) >= 11 is 0. The number of anilines is 1. The second kappa shape index (κ2) is 7.77. The Balaban J connectivity index is 1.69. The van der Waals surface area contributed by atoms with Crippen molar-refractivity contribution in [3.05, 3.63) is 70.9 Å². The number of amides is 2. The Morgan fingerprint density at radius 3 is 2.74 bits per heavy atom. The number of fused-ring (bicyclic) bond motifs is 1. The number of halogens is 1. The minimum absolute atomic E-state index is 0.217. The first-order valence-electron chi connectivity index (χ1n) is 8.18. The van der Waals surface area contributed by atoms with Crippen molar-refractivity contribution in [2.45, 2.75) is 6.54 Å². The number of hydrogen-bond donors (Lipinski definition) is 1. The van der Waals surface area contributed by atoms with Gasteiger partial charge in [0, 0.05) is 12.7 Å². The maximum atomic E-state index is 13.2. The van der Waals surface area contributed by atoms with Crippen LogP contribution in [0.5, 0.6) is 0 Å². The van der Waals surface area contributed by atoms with Crippen LogP contribution in [0.15, 0.2) is 59.5 Å². The van der Waals surface area contributed by atoms with E-state index in [1.807, 2.05) is 0 Å². The van der Waals surface area contributed by atoms with Gasteiger partial charge in [-0.1, -0.05) is 18.2 Å². The lowest BCUT2D eigenvalue weighted by Gasteiger charge is -2.18. The standard InChI is InChI=1S/C19H17FN4O3/c1-23(11-17(25)22-14-6-4-5-13(20)9-14)19(27)12-24-16-8-3-2-7-15(16)21-10-18(24)26/h2-10H,11-12H2,1H3,(H,22,25). The molecule has 3 aromatic rings. The minimum atomic E-state index is -0.471. The van der Waals surface area contributed by atoms with Gasteiger partial charge < -0.3 is 10.2 Å². The number of para-hydroxylation sites is 2. The van der Waals surface area contributed by atoms with Gasteiger partial charge in [0.2, 0.25) is 11.8 Å². The maximum Gasteiger partial charge on any atom is 0.269 e. The zero-order valence-corrected chi connectivity index (χ0v) is 14.6. The van der Waals surface area contributed by atoms with Gasteiger partial charge in [-0.05, 0) is 30.3 Å². The summed E-state index contributed by atoms with van der Waals surface area (Å²) in [6.07, 6.45) is 1.16. The van der Waals surface area contributed by atoms with E-state index in [1.165, 1.54) is 34.7 Å². The van der Waals surface area contributed by atoms with Crippen LogP contribution in [0.3, 0.4) is 0 Å². The molecule has 2 aromatic carbocycles. The molecule has 0 aliphatic heterocycles. The van der Waals surface area contributed by atoms with Crippen molar-refractivity contribution in [3.8, 4) is 0 Å². The summed E-state index contributed by atoms with van der Waals surface area (Å²) in [5.41, 5.74) is 1.03. The van der Waals surface area contributed by atoms with Crippen LogP contribution in [0.4, 0.5) is 10.1 Å². The van der Waals surface area contributed by atoms with E-state index in [4.69, 9.17) is 0 Å². The van der Waals surface area contributed by atoms with E-state index in [9.17, 15) is 18.8 Å². The average Bonchev–Trinajstić information content (AvgIpc) is 2.63. The molecule has 0 saturated carbocycles. The number of nitrogens with zero attached hydrogens (tertiary/aromatic N) is 3. The van der Waals surface area contributed by atoms with E-state index in [2.05, 4.69) is 10.3 Å². The smallest absolute Gasteiger partial charge is 0.269 e. The summed E-state index contributed by atoms with van der Waals surface area (Å²) in [5.74, 6) is -1.35. The Morgan fingerprint density at radius 1 is 1.19 bits per heavy atom. The van der Waals surface area contributed by atoms with Gasteiger partial charge in [-0.25, -0.2) is 9.37 Å². The number of nitrogens with one attached hydrogen (secondary N) is 1. The van der Waals surface area contributed by atoms with Crippen LogP contribution < -0.4 is 10.9 Å². The highest BCUT2D eigenvalue weighted by Gasteiger charge is 2.16. The summed E-state index contributed by atoms with van der Waals surface area (Å²) < 4.78 is 14.5. The van der Waals surface area contributed by atoms with Gasteiger partial charge >= 0.3 is 0 Å². The van der Waals surface area contributed by atoms with Crippen LogP contribution >= 0.6 is 0 Å². The number of aromatic nitrogens is 2. The molecular formula is C19H17FN4O3. The molecule has 2 amide bonds.